The fourth-order valence-electron chi connectivity index (χ4n) is 4.80. The van der Waals surface area contributed by atoms with Crippen LogP contribution in [-0.4, -0.2) is 79.7 Å². The highest BCUT2D eigenvalue weighted by Crippen LogP contribution is 2.30. The average molecular weight is 467 g/mol. The van der Waals surface area contributed by atoms with Crippen molar-refractivity contribution in [3.63, 3.8) is 0 Å². The van der Waals surface area contributed by atoms with Crippen molar-refractivity contribution in [2.75, 3.05) is 43.5 Å². The molecular weight excluding hydrogens is 434 g/mol. The van der Waals surface area contributed by atoms with Crippen molar-refractivity contribution in [1.29, 1.82) is 0 Å². The number of anilines is 2. The first-order valence-electron chi connectivity index (χ1n) is 11.4. The van der Waals surface area contributed by atoms with E-state index in [9.17, 15) is 23.2 Å². The number of halogens is 2. The summed E-state index contributed by atoms with van der Waals surface area (Å²) in [6.07, 6.45) is 2.64. The minimum absolute atomic E-state index is 0.0794. The van der Waals surface area contributed by atoms with Crippen LogP contribution in [0, 0.1) is 11.7 Å². The highest BCUT2D eigenvalue weighted by Gasteiger charge is 2.36. The number of piperidine rings is 3. The predicted octanol–water partition coefficient (Wildman–Crippen LogP) is 1.48. The van der Waals surface area contributed by atoms with E-state index in [1.165, 1.54) is 6.07 Å². The van der Waals surface area contributed by atoms with Crippen LogP contribution in [0.25, 0.3) is 0 Å². The Labute approximate surface area is 192 Å². The molecule has 3 N–H and O–H groups in total. The van der Waals surface area contributed by atoms with Crippen molar-refractivity contribution in [2.45, 2.75) is 50.4 Å². The van der Waals surface area contributed by atoms with E-state index in [0.29, 0.717) is 30.8 Å². The molecule has 0 bridgehead atoms. The summed E-state index contributed by atoms with van der Waals surface area (Å²) in [4.78, 5) is 37.9. The molecule has 3 unspecified atom stereocenters. The fraction of sp³-hybridized carbons (Fsp3) is 0.609. The summed E-state index contributed by atoms with van der Waals surface area (Å²) >= 11 is 0. The first-order chi connectivity index (χ1) is 15.9. The molecule has 182 valence electrons. The van der Waals surface area contributed by atoms with E-state index < -0.39 is 23.9 Å². The molecule has 33 heavy (non-hydrogen) atoms. The molecule has 3 aliphatic rings. The zero-order valence-corrected chi connectivity index (χ0v) is 18.8. The van der Waals surface area contributed by atoms with Crippen LogP contribution in [0.4, 0.5) is 20.2 Å². The average Bonchev–Trinajstić information content (AvgIpc) is 2.82. The Balaban J connectivity index is 0.00000149. The van der Waals surface area contributed by atoms with Gasteiger partial charge in [0.15, 0.2) is 0 Å². The maximum atomic E-state index is 15.0. The molecular formula is C23H32F2N4O4. The summed E-state index contributed by atoms with van der Waals surface area (Å²) in [7, 11) is 1.00. The van der Waals surface area contributed by atoms with Crippen LogP contribution < -0.4 is 15.5 Å². The van der Waals surface area contributed by atoms with E-state index in [2.05, 4.69) is 15.5 Å². The zero-order valence-electron chi connectivity index (χ0n) is 18.8. The molecule has 3 aliphatic heterocycles. The van der Waals surface area contributed by atoms with Gasteiger partial charge in [-0.05, 0) is 57.0 Å². The van der Waals surface area contributed by atoms with E-state index in [1.807, 2.05) is 0 Å². The Morgan fingerprint density at radius 1 is 1.12 bits per heavy atom. The quantitative estimate of drug-likeness (QED) is 0.446. The van der Waals surface area contributed by atoms with Crippen LogP contribution in [0.5, 0.6) is 0 Å². The van der Waals surface area contributed by atoms with Crippen molar-refractivity contribution >= 4 is 29.5 Å². The van der Waals surface area contributed by atoms with Gasteiger partial charge in [0.05, 0.1) is 12.2 Å². The monoisotopic (exact) mass is 466 g/mol. The molecule has 0 radical (unpaired) electrons. The molecule has 3 saturated heterocycles. The smallest absolute Gasteiger partial charge is 0.249 e. The number of aliphatic hydroxyl groups excluding tert-OH is 1. The first kappa shape index (κ1) is 25.0. The SMILES string of the molecule is CO.O=CC1CCN(C2CCN(c3ccc(NC4CCC(=O)NC4=O)cc3F)CC2F)CC1. The van der Waals surface area contributed by atoms with Crippen molar-refractivity contribution in [3.05, 3.63) is 24.0 Å². The summed E-state index contributed by atoms with van der Waals surface area (Å²) < 4.78 is 29.8. The van der Waals surface area contributed by atoms with Gasteiger partial charge in [-0.25, -0.2) is 8.78 Å². The van der Waals surface area contributed by atoms with Gasteiger partial charge < -0.3 is 20.1 Å². The number of amides is 2. The molecule has 0 saturated carbocycles. The van der Waals surface area contributed by atoms with Gasteiger partial charge in [-0.1, -0.05) is 0 Å². The number of aliphatic hydroxyl groups is 1. The summed E-state index contributed by atoms with van der Waals surface area (Å²) in [5, 5.41) is 12.2. The number of alkyl halides is 1. The number of hydrogen-bond acceptors (Lipinski definition) is 7. The van der Waals surface area contributed by atoms with Crippen LogP contribution in [0.1, 0.15) is 32.1 Å². The third-order valence-electron chi connectivity index (χ3n) is 6.61. The second kappa shape index (κ2) is 11.5. The van der Waals surface area contributed by atoms with Gasteiger partial charge in [0.1, 0.15) is 24.3 Å². The highest BCUT2D eigenvalue weighted by molar-refractivity contribution is 6.01. The molecule has 3 fully saturated rings. The molecule has 1 aromatic rings. The van der Waals surface area contributed by atoms with Gasteiger partial charge in [0.2, 0.25) is 11.8 Å². The fourth-order valence-corrected chi connectivity index (χ4v) is 4.80. The number of imide groups is 1. The van der Waals surface area contributed by atoms with Crippen molar-refractivity contribution in [3.8, 4) is 0 Å². The third kappa shape index (κ3) is 6.05. The molecule has 0 aromatic heterocycles. The summed E-state index contributed by atoms with van der Waals surface area (Å²) in [6, 6.07) is 3.80. The number of nitrogens with one attached hydrogen (secondary N) is 2. The Morgan fingerprint density at radius 2 is 1.85 bits per heavy atom. The Hall–Kier alpha value is -2.59. The standard InChI is InChI=1S/C22H28F2N4O3.CH4O/c23-16-11-15(25-18-2-4-21(30)26-22(18)31)1-3-19(16)28-10-7-20(17(24)12-28)27-8-5-14(13-29)6-9-27;1-2/h1,3,11,13-14,17-18,20,25H,2,4-10,12H2,(H,26,30,31);2H,1H3. The van der Waals surface area contributed by atoms with Crippen LogP contribution >= 0.6 is 0 Å². The Morgan fingerprint density at radius 3 is 2.45 bits per heavy atom. The lowest BCUT2D eigenvalue weighted by atomic mass is 9.93. The highest BCUT2D eigenvalue weighted by atomic mass is 19.1. The van der Waals surface area contributed by atoms with E-state index in [4.69, 9.17) is 5.11 Å². The summed E-state index contributed by atoms with van der Waals surface area (Å²) in [5.41, 5.74) is 0.787. The van der Waals surface area contributed by atoms with Gasteiger partial charge in [0.25, 0.3) is 0 Å². The van der Waals surface area contributed by atoms with Crippen molar-refractivity contribution in [1.82, 2.24) is 10.2 Å². The molecule has 1 aromatic carbocycles. The molecule has 10 heteroatoms. The lowest BCUT2D eigenvalue weighted by Crippen LogP contribution is -2.54. The van der Waals surface area contributed by atoms with Crippen LogP contribution in [0.3, 0.4) is 0 Å². The van der Waals surface area contributed by atoms with E-state index in [0.717, 1.165) is 39.3 Å². The van der Waals surface area contributed by atoms with Gasteiger partial charge in [-0.3, -0.25) is 19.8 Å². The largest absolute Gasteiger partial charge is 0.400 e. The number of carbonyl (C=O) groups excluding carboxylic acids is 3. The number of rotatable bonds is 5. The van der Waals surface area contributed by atoms with Gasteiger partial charge in [0, 0.05) is 37.7 Å². The lowest BCUT2D eigenvalue weighted by Gasteiger charge is -2.43. The van der Waals surface area contributed by atoms with Gasteiger partial charge in [-0.2, -0.15) is 0 Å². The number of carbonyl (C=O) groups is 3. The van der Waals surface area contributed by atoms with Gasteiger partial charge >= 0.3 is 0 Å². The molecule has 0 spiro atoms. The number of likely N-dealkylation sites (tertiary alicyclic amines) is 1. The molecule has 3 heterocycles. The molecule has 8 nitrogen and oxygen atoms in total. The molecule has 3 atom stereocenters. The number of aldehydes is 1. The first-order valence-corrected chi connectivity index (χ1v) is 11.4. The Kier molecular flexibility index (Phi) is 8.74. The maximum Gasteiger partial charge on any atom is 0.249 e. The van der Waals surface area contributed by atoms with E-state index in [-0.39, 0.29) is 30.8 Å². The van der Waals surface area contributed by atoms with Crippen LogP contribution in [0.2, 0.25) is 0 Å². The second-order valence-electron chi connectivity index (χ2n) is 8.64. The third-order valence-corrected chi connectivity index (χ3v) is 6.61. The molecule has 2 amide bonds. The molecule has 0 aliphatic carbocycles. The lowest BCUT2D eigenvalue weighted by molar-refractivity contribution is -0.133. The molecule has 4 rings (SSSR count). The number of nitrogens with zero attached hydrogens (tertiary/aromatic N) is 2. The van der Waals surface area contributed by atoms with Crippen molar-refractivity contribution in [2.24, 2.45) is 5.92 Å². The minimum Gasteiger partial charge on any atom is -0.400 e. The summed E-state index contributed by atoms with van der Waals surface area (Å²) in [6.45, 7) is 2.12. The zero-order chi connectivity index (χ0) is 24.0. The van der Waals surface area contributed by atoms with Crippen LogP contribution in [-0.2, 0) is 14.4 Å². The van der Waals surface area contributed by atoms with Gasteiger partial charge in [-0.15, -0.1) is 0 Å². The minimum atomic E-state index is -1.10. The predicted molar refractivity (Wildman–Crippen MR) is 120 cm³/mol. The second-order valence-corrected chi connectivity index (χ2v) is 8.64. The van der Waals surface area contributed by atoms with Crippen molar-refractivity contribution < 1.29 is 28.3 Å². The Bertz CT molecular complexity index is 848. The normalized spacial score (nSPS) is 26.8. The summed E-state index contributed by atoms with van der Waals surface area (Å²) in [5.74, 6) is -1.12. The number of benzene rings is 1. The van der Waals surface area contributed by atoms with E-state index >= 15 is 0 Å². The van der Waals surface area contributed by atoms with E-state index in [1.54, 1.807) is 17.0 Å². The van der Waals surface area contributed by atoms with Crippen LogP contribution in [0.15, 0.2) is 18.2 Å². The topological polar surface area (TPSA) is 102 Å². The maximum absolute atomic E-state index is 15.0. The number of hydrogen-bond donors (Lipinski definition) is 3.